The first-order valence-corrected chi connectivity index (χ1v) is 6.96. The highest BCUT2D eigenvalue weighted by Crippen LogP contribution is 2.22. The molecule has 0 saturated heterocycles. The molecule has 1 heterocycles. The molecule has 0 unspecified atom stereocenters. The van der Waals surface area contributed by atoms with Gasteiger partial charge in [0.25, 0.3) is 0 Å². The summed E-state index contributed by atoms with van der Waals surface area (Å²) in [6.45, 7) is 0.751. The number of nitrogens with zero attached hydrogens (tertiary/aromatic N) is 1. The van der Waals surface area contributed by atoms with Crippen molar-refractivity contribution in [3.05, 3.63) is 71.9 Å². The molecule has 2 aromatic carbocycles. The van der Waals surface area contributed by atoms with Crippen molar-refractivity contribution < 1.29 is 9.53 Å². The normalized spacial score (nSPS) is 10.7. The molecular formula is C18H17NO2. The lowest BCUT2D eigenvalue weighted by atomic mass is 10.2. The molecule has 0 aliphatic carbocycles. The van der Waals surface area contributed by atoms with Crippen molar-refractivity contribution in [3.63, 3.8) is 0 Å². The maximum absolute atomic E-state index is 11.6. The maximum atomic E-state index is 11.6. The van der Waals surface area contributed by atoms with E-state index in [2.05, 4.69) is 34.9 Å². The monoisotopic (exact) mass is 279 g/mol. The van der Waals surface area contributed by atoms with Gasteiger partial charge in [0, 0.05) is 17.8 Å². The SMILES string of the molecule is COC(=O)Cc1cc2ccccc2n1Cc1ccccc1. The number of hydrogen-bond acceptors (Lipinski definition) is 2. The van der Waals surface area contributed by atoms with Gasteiger partial charge in [-0.15, -0.1) is 0 Å². The van der Waals surface area contributed by atoms with E-state index in [1.807, 2.05) is 30.3 Å². The van der Waals surface area contributed by atoms with Gasteiger partial charge >= 0.3 is 5.97 Å². The van der Waals surface area contributed by atoms with Crippen molar-refractivity contribution in [2.75, 3.05) is 7.11 Å². The Morgan fingerprint density at radius 3 is 2.52 bits per heavy atom. The largest absolute Gasteiger partial charge is 0.469 e. The van der Waals surface area contributed by atoms with Crippen LogP contribution in [0.5, 0.6) is 0 Å². The van der Waals surface area contributed by atoms with Crippen molar-refractivity contribution in [1.82, 2.24) is 4.57 Å². The molecular weight excluding hydrogens is 262 g/mol. The number of rotatable bonds is 4. The number of benzene rings is 2. The molecule has 0 radical (unpaired) electrons. The van der Waals surface area contributed by atoms with Gasteiger partial charge in [-0.25, -0.2) is 0 Å². The second-order valence-electron chi connectivity index (χ2n) is 5.02. The number of hydrogen-bond donors (Lipinski definition) is 0. The average molecular weight is 279 g/mol. The number of fused-ring (bicyclic) bond motifs is 1. The number of carbonyl (C=O) groups is 1. The number of para-hydroxylation sites is 1. The molecule has 0 aliphatic heterocycles. The van der Waals surface area contributed by atoms with Crippen molar-refractivity contribution in [2.45, 2.75) is 13.0 Å². The van der Waals surface area contributed by atoms with E-state index in [9.17, 15) is 4.79 Å². The van der Waals surface area contributed by atoms with E-state index >= 15 is 0 Å². The number of aromatic nitrogens is 1. The summed E-state index contributed by atoms with van der Waals surface area (Å²) in [6.07, 6.45) is 0.290. The molecule has 3 rings (SSSR count). The molecule has 3 heteroatoms. The lowest BCUT2D eigenvalue weighted by molar-refractivity contribution is -0.139. The second kappa shape index (κ2) is 5.83. The fraction of sp³-hybridized carbons (Fsp3) is 0.167. The van der Waals surface area contributed by atoms with Gasteiger partial charge in [0.1, 0.15) is 0 Å². The first-order valence-electron chi connectivity index (χ1n) is 6.96. The molecule has 0 atom stereocenters. The van der Waals surface area contributed by atoms with Crippen molar-refractivity contribution >= 4 is 16.9 Å². The van der Waals surface area contributed by atoms with Crippen LogP contribution in [0.25, 0.3) is 10.9 Å². The van der Waals surface area contributed by atoms with E-state index in [0.717, 1.165) is 23.1 Å². The number of carbonyl (C=O) groups excluding carboxylic acids is 1. The Kier molecular flexibility index (Phi) is 3.73. The molecule has 3 nitrogen and oxygen atoms in total. The van der Waals surface area contributed by atoms with Gasteiger partial charge in [0.2, 0.25) is 0 Å². The van der Waals surface area contributed by atoms with Crippen LogP contribution >= 0.6 is 0 Å². The minimum Gasteiger partial charge on any atom is -0.469 e. The van der Waals surface area contributed by atoms with Crippen LogP contribution in [0.1, 0.15) is 11.3 Å². The fourth-order valence-corrected chi connectivity index (χ4v) is 2.59. The predicted molar refractivity (Wildman–Crippen MR) is 83.2 cm³/mol. The Labute approximate surface area is 123 Å². The summed E-state index contributed by atoms with van der Waals surface area (Å²) in [5.41, 5.74) is 3.33. The number of ether oxygens (including phenoxy) is 1. The van der Waals surface area contributed by atoms with Gasteiger partial charge in [-0.2, -0.15) is 0 Å². The zero-order valence-corrected chi connectivity index (χ0v) is 12.0. The minimum atomic E-state index is -0.216. The summed E-state index contributed by atoms with van der Waals surface area (Å²) < 4.78 is 6.99. The summed E-state index contributed by atoms with van der Waals surface area (Å²) in [4.78, 5) is 11.6. The molecule has 3 aromatic rings. The second-order valence-corrected chi connectivity index (χ2v) is 5.02. The van der Waals surface area contributed by atoms with Gasteiger partial charge in [0.15, 0.2) is 0 Å². The Morgan fingerprint density at radius 1 is 1.05 bits per heavy atom. The smallest absolute Gasteiger partial charge is 0.311 e. The van der Waals surface area contributed by atoms with Crippen LogP contribution in [-0.4, -0.2) is 17.6 Å². The van der Waals surface area contributed by atoms with E-state index in [4.69, 9.17) is 4.74 Å². The Hall–Kier alpha value is -2.55. The van der Waals surface area contributed by atoms with Gasteiger partial charge in [-0.1, -0.05) is 48.5 Å². The van der Waals surface area contributed by atoms with Crippen LogP contribution in [0.2, 0.25) is 0 Å². The topological polar surface area (TPSA) is 31.2 Å². The first kappa shape index (κ1) is 13.4. The van der Waals surface area contributed by atoms with Crippen LogP contribution in [-0.2, 0) is 22.5 Å². The van der Waals surface area contributed by atoms with Gasteiger partial charge in [0.05, 0.1) is 13.5 Å². The van der Waals surface area contributed by atoms with Crippen LogP contribution in [0, 0.1) is 0 Å². The predicted octanol–water partition coefficient (Wildman–Crippen LogP) is 3.41. The zero-order chi connectivity index (χ0) is 14.7. The third kappa shape index (κ3) is 2.82. The first-order chi connectivity index (χ1) is 10.3. The lowest BCUT2D eigenvalue weighted by Crippen LogP contribution is -2.10. The summed E-state index contributed by atoms with van der Waals surface area (Å²) in [6, 6.07) is 20.5. The number of esters is 1. The molecule has 106 valence electrons. The highest BCUT2D eigenvalue weighted by Gasteiger charge is 2.12. The summed E-state index contributed by atoms with van der Waals surface area (Å²) in [7, 11) is 1.42. The van der Waals surface area contributed by atoms with E-state index in [0.29, 0.717) is 0 Å². The van der Waals surface area contributed by atoms with Crippen molar-refractivity contribution in [3.8, 4) is 0 Å². The van der Waals surface area contributed by atoms with E-state index < -0.39 is 0 Å². The van der Waals surface area contributed by atoms with Gasteiger partial charge < -0.3 is 9.30 Å². The third-order valence-electron chi connectivity index (χ3n) is 3.63. The molecule has 21 heavy (non-hydrogen) atoms. The molecule has 0 amide bonds. The summed E-state index contributed by atoms with van der Waals surface area (Å²) in [5.74, 6) is -0.216. The van der Waals surface area contributed by atoms with Crippen LogP contribution < -0.4 is 0 Å². The Balaban J connectivity index is 2.05. The highest BCUT2D eigenvalue weighted by molar-refractivity contribution is 5.83. The summed E-state index contributed by atoms with van der Waals surface area (Å²) >= 11 is 0. The third-order valence-corrected chi connectivity index (χ3v) is 3.63. The molecule has 1 aromatic heterocycles. The van der Waals surface area contributed by atoms with Crippen LogP contribution in [0.3, 0.4) is 0 Å². The highest BCUT2D eigenvalue weighted by atomic mass is 16.5. The molecule has 0 bridgehead atoms. The van der Waals surface area contributed by atoms with E-state index in [1.165, 1.54) is 12.7 Å². The van der Waals surface area contributed by atoms with Gasteiger partial charge in [-0.3, -0.25) is 4.79 Å². The summed E-state index contributed by atoms with van der Waals surface area (Å²) in [5, 5.41) is 1.15. The van der Waals surface area contributed by atoms with Crippen LogP contribution in [0.15, 0.2) is 60.7 Å². The fourth-order valence-electron chi connectivity index (χ4n) is 2.59. The van der Waals surface area contributed by atoms with Crippen LogP contribution in [0.4, 0.5) is 0 Å². The molecule has 0 spiro atoms. The average Bonchev–Trinajstić information content (AvgIpc) is 2.86. The van der Waals surface area contributed by atoms with Crippen molar-refractivity contribution in [2.24, 2.45) is 0 Å². The van der Waals surface area contributed by atoms with E-state index in [1.54, 1.807) is 0 Å². The molecule has 0 aliphatic rings. The van der Waals surface area contributed by atoms with E-state index in [-0.39, 0.29) is 12.4 Å². The minimum absolute atomic E-state index is 0.216. The quantitative estimate of drug-likeness (QED) is 0.685. The Bertz CT molecular complexity index is 759. The molecule has 0 fully saturated rings. The Morgan fingerprint density at radius 2 is 1.76 bits per heavy atom. The zero-order valence-electron chi connectivity index (χ0n) is 12.0. The maximum Gasteiger partial charge on any atom is 0.311 e. The number of methoxy groups -OCH3 is 1. The lowest BCUT2D eigenvalue weighted by Gasteiger charge is -2.10. The van der Waals surface area contributed by atoms with Crippen molar-refractivity contribution in [1.29, 1.82) is 0 Å². The molecule has 0 saturated carbocycles. The van der Waals surface area contributed by atoms with Gasteiger partial charge in [-0.05, 0) is 23.1 Å². The standard InChI is InChI=1S/C18H17NO2/c1-21-18(20)12-16-11-15-9-5-6-10-17(15)19(16)13-14-7-3-2-4-8-14/h2-11H,12-13H2,1H3. The molecule has 0 N–H and O–H groups in total.